The van der Waals surface area contributed by atoms with Crippen LogP contribution in [0.5, 0.6) is 0 Å². The van der Waals surface area contributed by atoms with Crippen LogP contribution in [0.2, 0.25) is 0 Å². The minimum Gasteiger partial charge on any atom is -0.544 e. The maximum Gasteiger partial charge on any atom is 0.217 e. The molecule has 0 radical (unpaired) electrons. The Hall–Kier alpha value is -2.22. The fourth-order valence-corrected chi connectivity index (χ4v) is 10.2. The number of aliphatic carboxylic acids is 1. The molecule has 31 atom stereocenters. The molecule has 0 aliphatic carbocycles. The van der Waals surface area contributed by atoms with E-state index in [0.717, 1.165) is 14.0 Å². The molecule has 0 aromatic rings. The highest BCUT2D eigenvalue weighted by atomic mass is 16.8. The zero-order chi connectivity index (χ0) is 57.1. The summed E-state index contributed by atoms with van der Waals surface area (Å²) in [6.45, 7) is -1.95. The third kappa shape index (κ3) is 13.5. The van der Waals surface area contributed by atoms with E-state index in [-0.39, 0.29) is 0 Å². The first-order chi connectivity index (χ1) is 36.3. The van der Waals surface area contributed by atoms with Crippen LogP contribution in [0.1, 0.15) is 27.2 Å². The average Bonchev–Trinajstić information content (AvgIpc) is 3.42. The molecular formula is C44H74NO32-. The Morgan fingerprint density at radius 1 is 0.597 bits per heavy atom. The minimum absolute atomic E-state index is 0.778. The van der Waals surface area contributed by atoms with E-state index in [4.69, 9.17) is 56.8 Å². The number of carboxylic acids is 1. The Labute approximate surface area is 438 Å². The lowest BCUT2D eigenvalue weighted by Gasteiger charge is -2.52. The second kappa shape index (κ2) is 27.2. The Bertz CT molecular complexity index is 1860. The molecule has 18 N–H and O–H groups in total. The van der Waals surface area contributed by atoms with Crippen LogP contribution in [0.15, 0.2) is 0 Å². The highest BCUT2D eigenvalue weighted by molar-refractivity contribution is 5.74. The number of rotatable bonds is 21. The second-order valence-corrected chi connectivity index (χ2v) is 19.8. The van der Waals surface area contributed by atoms with Gasteiger partial charge in [-0.15, -0.1) is 0 Å². The number of carbonyl (C=O) groups is 2. The third-order valence-corrected chi connectivity index (χ3v) is 14.7. The van der Waals surface area contributed by atoms with Gasteiger partial charge in [-0.3, -0.25) is 4.79 Å². The van der Waals surface area contributed by atoms with Crippen molar-refractivity contribution >= 4 is 11.9 Å². The van der Waals surface area contributed by atoms with E-state index in [2.05, 4.69) is 5.32 Å². The van der Waals surface area contributed by atoms with E-state index < -0.39 is 247 Å². The quantitative estimate of drug-likeness (QED) is 0.0507. The Balaban J connectivity index is 1.26. The minimum atomic E-state index is -3.14. The van der Waals surface area contributed by atoms with Gasteiger partial charge in [0.25, 0.3) is 0 Å². The van der Waals surface area contributed by atoms with Crippen molar-refractivity contribution in [3.63, 3.8) is 0 Å². The number of methoxy groups -OCH3 is 1. The Morgan fingerprint density at radius 3 is 1.60 bits per heavy atom. The monoisotopic (exact) mass is 1130 g/mol. The van der Waals surface area contributed by atoms with Crippen LogP contribution in [0.25, 0.3) is 0 Å². The molecule has 6 rings (SSSR count). The fourth-order valence-electron chi connectivity index (χ4n) is 10.2. The maximum atomic E-state index is 12.8. The molecule has 6 aliphatic heterocycles. The normalized spacial score (nSPS) is 48.7. The molecule has 0 bridgehead atoms. The first-order valence-corrected chi connectivity index (χ1v) is 24.8. The highest BCUT2D eigenvalue weighted by Crippen LogP contribution is 2.40. The first-order valence-electron chi connectivity index (χ1n) is 24.8. The molecule has 77 heavy (non-hydrogen) atoms. The first kappa shape index (κ1) is 64.0. The zero-order valence-electron chi connectivity index (χ0n) is 42.0. The van der Waals surface area contributed by atoms with Gasteiger partial charge in [-0.05, 0) is 6.92 Å². The summed E-state index contributed by atoms with van der Waals surface area (Å²) in [7, 11) is 1.16. The summed E-state index contributed by atoms with van der Waals surface area (Å²) < 4.78 is 68.8. The Morgan fingerprint density at radius 2 is 1.06 bits per heavy atom. The largest absolute Gasteiger partial charge is 0.544 e. The number of hydrogen-bond acceptors (Lipinski definition) is 32. The predicted molar refractivity (Wildman–Crippen MR) is 237 cm³/mol. The number of amides is 1. The maximum absolute atomic E-state index is 12.8. The van der Waals surface area contributed by atoms with Gasteiger partial charge in [-0.1, -0.05) is 6.92 Å². The van der Waals surface area contributed by atoms with Crippen LogP contribution in [0.4, 0.5) is 0 Å². The predicted octanol–water partition coefficient (Wildman–Crippen LogP) is -13.1. The van der Waals surface area contributed by atoms with Crippen molar-refractivity contribution in [1.29, 1.82) is 0 Å². The van der Waals surface area contributed by atoms with Gasteiger partial charge >= 0.3 is 0 Å². The smallest absolute Gasteiger partial charge is 0.217 e. The summed E-state index contributed by atoms with van der Waals surface area (Å²) in [5, 5.41) is 199. The van der Waals surface area contributed by atoms with Gasteiger partial charge in [0, 0.05) is 26.4 Å². The lowest BCUT2D eigenvalue weighted by molar-refractivity contribution is -0.413. The van der Waals surface area contributed by atoms with Crippen LogP contribution in [-0.2, 0) is 66.4 Å². The van der Waals surface area contributed by atoms with Crippen LogP contribution in [-0.4, -0.2) is 329 Å². The van der Waals surface area contributed by atoms with Crippen molar-refractivity contribution in [3.8, 4) is 0 Å². The average molecular weight is 1130 g/mol. The highest BCUT2D eigenvalue weighted by Gasteiger charge is 2.59. The molecule has 0 aromatic carbocycles. The van der Waals surface area contributed by atoms with Gasteiger partial charge in [-0.2, -0.15) is 0 Å². The molecule has 0 spiro atoms. The topological polar surface area (TPSA) is 524 Å². The summed E-state index contributed by atoms with van der Waals surface area (Å²) in [6, 6.07) is -1.77. The van der Waals surface area contributed by atoms with E-state index >= 15 is 0 Å². The molecule has 6 heterocycles. The summed E-state index contributed by atoms with van der Waals surface area (Å²) in [5.41, 5.74) is 0. The lowest BCUT2D eigenvalue weighted by Crippen LogP contribution is -2.70. The van der Waals surface area contributed by atoms with E-state index in [0.29, 0.717) is 0 Å². The van der Waals surface area contributed by atoms with Gasteiger partial charge in [0.1, 0.15) is 140 Å². The second-order valence-electron chi connectivity index (χ2n) is 19.8. The van der Waals surface area contributed by atoms with E-state index in [1.165, 1.54) is 13.8 Å². The summed E-state index contributed by atoms with van der Waals surface area (Å²) in [5.74, 6) is -7.33. The zero-order valence-corrected chi connectivity index (χ0v) is 42.0. The molecule has 1 amide bonds. The van der Waals surface area contributed by atoms with Crippen molar-refractivity contribution in [2.24, 2.45) is 5.92 Å². The van der Waals surface area contributed by atoms with Crippen molar-refractivity contribution in [1.82, 2.24) is 5.32 Å². The van der Waals surface area contributed by atoms with Gasteiger partial charge < -0.3 is 159 Å². The molecule has 33 nitrogen and oxygen atoms in total. The van der Waals surface area contributed by atoms with Crippen LogP contribution in [0, 0.1) is 5.92 Å². The fraction of sp³-hybridized carbons (Fsp3) is 0.955. The summed E-state index contributed by atoms with van der Waals surface area (Å²) in [4.78, 5) is 25.5. The molecule has 6 fully saturated rings. The van der Waals surface area contributed by atoms with Gasteiger partial charge in [0.2, 0.25) is 11.7 Å². The number of nitrogens with one attached hydrogen (secondary N) is 1. The van der Waals surface area contributed by atoms with Gasteiger partial charge in [0.15, 0.2) is 25.2 Å². The van der Waals surface area contributed by atoms with Gasteiger partial charge in [0.05, 0.1) is 58.0 Å². The molecule has 6 aliphatic rings. The Kier molecular flexibility index (Phi) is 22.6. The van der Waals surface area contributed by atoms with Gasteiger partial charge in [-0.25, -0.2) is 0 Å². The lowest BCUT2D eigenvalue weighted by atomic mass is 9.84. The van der Waals surface area contributed by atoms with Crippen molar-refractivity contribution in [2.75, 3.05) is 46.8 Å². The molecule has 6 saturated heterocycles. The number of aliphatic hydroxyl groups excluding tert-OH is 17. The van der Waals surface area contributed by atoms with E-state index in [9.17, 15) is 102 Å². The van der Waals surface area contributed by atoms with Crippen molar-refractivity contribution < 1.29 is 158 Å². The number of carbonyl (C=O) groups excluding carboxylic acids is 2. The summed E-state index contributed by atoms with van der Waals surface area (Å²) >= 11 is 0. The van der Waals surface area contributed by atoms with E-state index in [1.807, 2.05) is 0 Å². The number of carboxylic acid groups (broad SMARTS) is 1. The number of hydrogen-bond donors (Lipinski definition) is 18. The van der Waals surface area contributed by atoms with Crippen LogP contribution in [0.3, 0.4) is 0 Å². The SMILES string of the molecule is CO[C@@H]1C(CO)O[C@H](O[C@H]2C(CO[C@@H]3OC(CO)[C@@H](O[C@@H]4OC(CO)[C@H](O)[C@H](O[C@]5(C(=O)[O-])C[C@@H](O)[C@@H](C)C(C(O)C(O)CO)O5)C4O)[C@H](O)C3NC(C)=O)O[C@@H](O[C@@H]3C(CO)O[C@@H](C)C(O)[C@H]3O)C(O)[C@H]2O)C(O)[C@H]1O. The standard InChI is InChI=1S/C44H75NO32/c1-12-15(52)5-44(43(64)65,76-33(12)24(55)16(53)6-46)77-38-25(56)17(7-47)69-42(32(38)63)73-35-20(10-50)70-39(22(26(35)57)45-14(3)51)67-11-21-37(75-40-30(61)28(59)34(66-4)18(8-48)71-40)29(60)31(62)41(72-21)74-36-19(9-49)68-13(2)23(54)27(36)58/h12-13,15-42,46-50,52-63H,5-11H2,1-4H3,(H,45,51)(H,64,65)/p-1/t12-,13+,15-,16?,17?,18?,19?,20?,21?,22?,23?,24?,25+,26-,27-,28-,29-,30?,31?,32?,33?,34-,35-,36-,37+,38+,39-,40-,41+,42+,44+/m1/s1. The number of aliphatic hydroxyl groups is 17. The molecule has 33 heteroatoms. The molecule has 0 saturated carbocycles. The third-order valence-electron chi connectivity index (χ3n) is 14.7. The van der Waals surface area contributed by atoms with E-state index in [1.54, 1.807) is 0 Å². The number of ether oxygens (including phenoxy) is 12. The van der Waals surface area contributed by atoms with Crippen molar-refractivity contribution in [3.05, 3.63) is 0 Å². The molecule has 13 unspecified atom stereocenters. The summed E-state index contributed by atoms with van der Waals surface area (Å²) in [6.07, 6.45) is -52.3. The van der Waals surface area contributed by atoms with Crippen LogP contribution < -0.4 is 10.4 Å². The molecule has 448 valence electrons. The van der Waals surface area contributed by atoms with Crippen LogP contribution >= 0.6 is 0 Å². The van der Waals surface area contributed by atoms with Crippen molar-refractivity contribution in [2.45, 2.75) is 211 Å². The molecular weight excluding hydrogens is 1050 g/mol. The molecule has 0 aromatic heterocycles.